The molecule has 1 atom stereocenters. The molecule has 1 aromatic heterocycles. The van der Waals surface area contributed by atoms with Crippen molar-refractivity contribution in [1.82, 2.24) is 9.78 Å². The minimum Gasteiger partial charge on any atom is -0.326 e. The summed E-state index contributed by atoms with van der Waals surface area (Å²) in [6.45, 7) is 6.82. The maximum Gasteiger partial charge on any atom is 0.0596 e. The summed E-state index contributed by atoms with van der Waals surface area (Å²) in [5.41, 5.74) is 7.88. The Morgan fingerprint density at radius 3 is 2.64 bits per heavy atom. The van der Waals surface area contributed by atoms with Crippen molar-refractivity contribution < 1.29 is 0 Å². The molecule has 3 nitrogen and oxygen atoms in total. The summed E-state index contributed by atoms with van der Waals surface area (Å²) < 4.78 is 1.94. The highest BCUT2D eigenvalue weighted by Gasteiger charge is 2.01. The Morgan fingerprint density at radius 2 is 2.27 bits per heavy atom. The van der Waals surface area contributed by atoms with E-state index in [2.05, 4.69) is 11.2 Å². The number of hydrogen-bond acceptors (Lipinski definition) is 2. The molecule has 0 saturated carbocycles. The van der Waals surface area contributed by atoms with Crippen molar-refractivity contribution in [3.63, 3.8) is 0 Å². The second-order valence-corrected chi connectivity index (χ2v) is 3.09. The van der Waals surface area contributed by atoms with E-state index in [1.54, 1.807) is 0 Å². The van der Waals surface area contributed by atoms with Gasteiger partial charge >= 0.3 is 0 Å². The van der Waals surface area contributed by atoms with Gasteiger partial charge in [-0.3, -0.25) is 4.68 Å². The van der Waals surface area contributed by atoms with Crippen LogP contribution in [0.1, 0.15) is 18.3 Å². The first-order valence-corrected chi connectivity index (χ1v) is 3.86. The zero-order chi connectivity index (χ0) is 8.43. The van der Waals surface area contributed by atoms with Gasteiger partial charge in [0, 0.05) is 11.7 Å². The van der Waals surface area contributed by atoms with Crippen LogP contribution >= 0.6 is 0 Å². The number of rotatable bonds is 2. The van der Waals surface area contributed by atoms with Crippen molar-refractivity contribution >= 4 is 0 Å². The van der Waals surface area contributed by atoms with Crippen LogP contribution in [-0.4, -0.2) is 15.8 Å². The van der Waals surface area contributed by atoms with Gasteiger partial charge in [-0.2, -0.15) is 5.10 Å². The molecule has 11 heavy (non-hydrogen) atoms. The van der Waals surface area contributed by atoms with Gasteiger partial charge < -0.3 is 5.73 Å². The Balaban J connectivity index is 2.77. The molecule has 0 fully saturated rings. The van der Waals surface area contributed by atoms with Crippen LogP contribution in [0.3, 0.4) is 0 Å². The van der Waals surface area contributed by atoms with E-state index in [4.69, 9.17) is 5.73 Å². The molecule has 3 heteroatoms. The van der Waals surface area contributed by atoms with Crippen LogP contribution in [-0.2, 0) is 6.54 Å². The topological polar surface area (TPSA) is 43.8 Å². The molecule has 1 unspecified atom stereocenters. The van der Waals surface area contributed by atoms with Crippen molar-refractivity contribution in [2.75, 3.05) is 0 Å². The van der Waals surface area contributed by atoms with Crippen molar-refractivity contribution in [2.45, 2.75) is 33.4 Å². The van der Waals surface area contributed by atoms with Crippen LogP contribution in [0.2, 0.25) is 0 Å². The van der Waals surface area contributed by atoms with Gasteiger partial charge in [0.05, 0.1) is 12.2 Å². The Bertz CT molecular complexity index is 237. The van der Waals surface area contributed by atoms with Crippen LogP contribution in [0.4, 0.5) is 0 Å². The molecule has 62 valence electrons. The molecule has 0 amide bonds. The highest BCUT2D eigenvalue weighted by atomic mass is 15.3. The molecule has 2 N–H and O–H groups in total. The fraction of sp³-hybridized carbons (Fsp3) is 0.625. The second kappa shape index (κ2) is 3.05. The van der Waals surface area contributed by atoms with E-state index < -0.39 is 0 Å². The maximum absolute atomic E-state index is 5.64. The third-order valence-electron chi connectivity index (χ3n) is 1.56. The third-order valence-corrected chi connectivity index (χ3v) is 1.56. The van der Waals surface area contributed by atoms with Gasteiger partial charge in [-0.15, -0.1) is 0 Å². The fourth-order valence-electron chi connectivity index (χ4n) is 1.13. The number of aromatic nitrogens is 2. The summed E-state index contributed by atoms with van der Waals surface area (Å²) in [7, 11) is 0. The SMILES string of the molecule is Cc1cc(C)n(CC(C)N)n1. The average Bonchev–Trinajstić information content (AvgIpc) is 2.09. The highest BCUT2D eigenvalue weighted by molar-refractivity contribution is 5.06. The van der Waals surface area contributed by atoms with Gasteiger partial charge in [-0.25, -0.2) is 0 Å². The summed E-state index contributed by atoms with van der Waals surface area (Å²) in [6, 6.07) is 2.23. The predicted octanol–water partition coefficient (Wildman–Crippen LogP) is 0.847. The third kappa shape index (κ3) is 2.05. The summed E-state index contributed by atoms with van der Waals surface area (Å²) in [6.07, 6.45) is 0. The quantitative estimate of drug-likeness (QED) is 0.684. The first-order valence-electron chi connectivity index (χ1n) is 3.86. The van der Waals surface area contributed by atoms with E-state index >= 15 is 0 Å². The van der Waals surface area contributed by atoms with Gasteiger partial charge in [0.25, 0.3) is 0 Å². The number of nitrogens with two attached hydrogens (primary N) is 1. The lowest BCUT2D eigenvalue weighted by Gasteiger charge is -2.06. The Hall–Kier alpha value is -0.830. The summed E-state index contributed by atoms with van der Waals surface area (Å²) in [4.78, 5) is 0. The lowest BCUT2D eigenvalue weighted by molar-refractivity contribution is 0.525. The molecule has 0 spiro atoms. The number of nitrogens with zero attached hydrogens (tertiary/aromatic N) is 2. The van der Waals surface area contributed by atoms with Crippen molar-refractivity contribution in [1.29, 1.82) is 0 Å². The molecule has 0 radical (unpaired) electrons. The van der Waals surface area contributed by atoms with Crippen molar-refractivity contribution in [3.8, 4) is 0 Å². The Morgan fingerprint density at radius 1 is 1.64 bits per heavy atom. The van der Waals surface area contributed by atoms with Gasteiger partial charge in [0.15, 0.2) is 0 Å². The minimum atomic E-state index is 0.174. The number of hydrogen-bond donors (Lipinski definition) is 1. The average molecular weight is 153 g/mol. The fourth-order valence-corrected chi connectivity index (χ4v) is 1.13. The normalized spacial score (nSPS) is 13.5. The van der Waals surface area contributed by atoms with E-state index in [9.17, 15) is 0 Å². The molecule has 0 aliphatic heterocycles. The Labute approximate surface area is 67.2 Å². The molecule has 0 aromatic carbocycles. The van der Waals surface area contributed by atoms with Gasteiger partial charge in [-0.05, 0) is 26.8 Å². The molecule has 1 heterocycles. The molecule has 0 saturated heterocycles. The lowest BCUT2D eigenvalue weighted by Crippen LogP contribution is -2.23. The first kappa shape index (κ1) is 8.27. The van der Waals surface area contributed by atoms with Gasteiger partial charge in [0.1, 0.15) is 0 Å². The zero-order valence-electron chi connectivity index (χ0n) is 7.33. The van der Waals surface area contributed by atoms with E-state index in [-0.39, 0.29) is 6.04 Å². The van der Waals surface area contributed by atoms with E-state index in [0.29, 0.717) is 0 Å². The second-order valence-electron chi connectivity index (χ2n) is 3.09. The van der Waals surface area contributed by atoms with Crippen LogP contribution < -0.4 is 5.73 Å². The summed E-state index contributed by atoms with van der Waals surface area (Å²) >= 11 is 0. The highest BCUT2D eigenvalue weighted by Crippen LogP contribution is 2.01. The monoisotopic (exact) mass is 153 g/mol. The van der Waals surface area contributed by atoms with E-state index in [1.165, 1.54) is 5.69 Å². The molecule has 1 aromatic rings. The standard InChI is InChI=1S/C8H15N3/c1-6(9)5-11-8(3)4-7(2)10-11/h4,6H,5,9H2,1-3H3. The summed E-state index contributed by atoms with van der Waals surface area (Å²) in [5.74, 6) is 0. The van der Waals surface area contributed by atoms with Crippen LogP contribution in [0.5, 0.6) is 0 Å². The first-order chi connectivity index (χ1) is 5.09. The molecule has 1 rings (SSSR count). The smallest absolute Gasteiger partial charge is 0.0596 e. The largest absolute Gasteiger partial charge is 0.326 e. The van der Waals surface area contributed by atoms with Crippen LogP contribution in [0.15, 0.2) is 6.07 Å². The molecule has 0 bridgehead atoms. The predicted molar refractivity (Wildman–Crippen MR) is 45.4 cm³/mol. The maximum atomic E-state index is 5.64. The molecular weight excluding hydrogens is 138 g/mol. The van der Waals surface area contributed by atoms with Gasteiger partial charge in [0.2, 0.25) is 0 Å². The van der Waals surface area contributed by atoms with Crippen LogP contribution in [0, 0.1) is 13.8 Å². The minimum absolute atomic E-state index is 0.174. The van der Waals surface area contributed by atoms with Crippen LogP contribution in [0.25, 0.3) is 0 Å². The molecule has 0 aliphatic carbocycles. The lowest BCUT2D eigenvalue weighted by atomic mass is 10.3. The van der Waals surface area contributed by atoms with Gasteiger partial charge in [-0.1, -0.05) is 0 Å². The zero-order valence-corrected chi connectivity index (χ0v) is 7.33. The Kier molecular flexibility index (Phi) is 2.29. The number of aryl methyl sites for hydroxylation is 2. The summed E-state index contributed by atoms with van der Waals surface area (Å²) in [5, 5.41) is 4.29. The van der Waals surface area contributed by atoms with Crippen molar-refractivity contribution in [2.24, 2.45) is 5.73 Å². The molecular formula is C8H15N3. The van der Waals surface area contributed by atoms with E-state index in [1.807, 2.05) is 25.5 Å². The molecule has 0 aliphatic rings. The van der Waals surface area contributed by atoms with E-state index in [0.717, 1.165) is 12.2 Å². The van der Waals surface area contributed by atoms with Crippen molar-refractivity contribution in [3.05, 3.63) is 17.5 Å².